The van der Waals surface area contributed by atoms with Crippen LogP contribution in [0.4, 0.5) is 5.82 Å². The maximum atomic E-state index is 6.40. The highest BCUT2D eigenvalue weighted by Gasteiger charge is 2.19. The fourth-order valence-corrected chi connectivity index (χ4v) is 3.96. The monoisotopic (exact) mass is 448 g/mol. The summed E-state index contributed by atoms with van der Waals surface area (Å²) in [5.74, 6) is 1.73. The van der Waals surface area contributed by atoms with Crippen LogP contribution in [0.15, 0.2) is 18.2 Å². The van der Waals surface area contributed by atoms with Crippen molar-refractivity contribution in [3.05, 3.63) is 39.1 Å². The first-order chi connectivity index (χ1) is 12.0. The maximum Gasteiger partial charge on any atom is 0.156 e. The maximum absolute atomic E-state index is 6.40. The molecule has 1 aliphatic rings. The second-order valence-electron chi connectivity index (χ2n) is 6.31. The normalized spacial score (nSPS) is 14.0. The number of nitrogens with zero attached hydrogens (tertiary/aromatic N) is 3. The minimum Gasteiger partial charge on any atom is -0.412 e. The molecule has 1 saturated heterocycles. The second-order valence-corrected chi connectivity index (χ2v) is 7.47. The van der Waals surface area contributed by atoms with Crippen LogP contribution in [-0.4, -0.2) is 33.5 Å². The highest BCUT2D eigenvalue weighted by molar-refractivity contribution is 6.49. The van der Waals surface area contributed by atoms with Crippen molar-refractivity contribution >= 4 is 64.1 Å². The zero-order chi connectivity index (χ0) is 17.6. The predicted molar refractivity (Wildman–Crippen MR) is 116 cm³/mol. The molecule has 2 aromatic heterocycles. The second kappa shape index (κ2) is 8.84. The minimum atomic E-state index is 0. The smallest absolute Gasteiger partial charge is 0.156 e. The summed E-state index contributed by atoms with van der Waals surface area (Å²) in [6.45, 7) is 3.96. The topological polar surface area (TPSA) is 76.3 Å². The average molecular weight is 450 g/mol. The lowest BCUT2D eigenvalue weighted by molar-refractivity contribution is 0.574. The molecule has 4 rings (SSSR count). The van der Waals surface area contributed by atoms with E-state index in [0.29, 0.717) is 15.1 Å². The summed E-state index contributed by atoms with van der Waals surface area (Å²) in [7, 11) is 0. The third kappa shape index (κ3) is 4.13. The fourth-order valence-electron chi connectivity index (χ4n) is 3.32. The van der Waals surface area contributed by atoms with E-state index in [2.05, 4.69) is 19.9 Å². The van der Waals surface area contributed by atoms with Gasteiger partial charge in [-0.1, -0.05) is 34.8 Å². The molecule has 3 N–H and O–H groups in total. The lowest BCUT2D eigenvalue weighted by Crippen LogP contribution is -2.30. The number of piperidine rings is 1. The Kier molecular flexibility index (Phi) is 7.22. The van der Waals surface area contributed by atoms with Crippen LogP contribution >= 0.6 is 47.2 Å². The quantitative estimate of drug-likeness (QED) is 0.526. The first-order valence-electron chi connectivity index (χ1n) is 8.31. The fraction of sp³-hybridized carbons (Fsp3) is 0.333. The Labute approximate surface area is 178 Å². The van der Waals surface area contributed by atoms with E-state index in [4.69, 9.17) is 34.8 Å². The van der Waals surface area contributed by atoms with Gasteiger partial charge >= 0.3 is 0 Å². The molecule has 1 aromatic carbocycles. The van der Waals surface area contributed by atoms with Gasteiger partial charge in [0.1, 0.15) is 11.3 Å². The number of H-pyrrole nitrogens is 1. The number of nitrogens with one attached hydrogen (secondary N) is 1. The molecule has 3 heterocycles. The van der Waals surface area contributed by atoms with Crippen molar-refractivity contribution in [2.24, 2.45) is 0 Å². The first kappa shape index (κ1) is 22.1. The average Bonchev–Trinajstić information content (AvgIpc) is 3.03. The van der Waals surface area contributed by atoms with Crippen molar-refractivity contribution < 1.29 is 5.48 Å². The Morgan fingerprint density at radius 3 is 2.41 bits per heavy atom. The molecule has 0 unspecified atom stereocenters. The van der Waals surface area contributed by atoms with E-state index in [1.807, 2.05) is 19.1 Å². The van der Waals surface area contributed by atoms with Crippen molar-refractivity contribution in [2.45, 2.75) is 26.2 Å². The lowest BCUT2D eigenvalue weighted by Gasteiger charge is -2.28. The number of fused-ring (bicyclic) bond motifs is 1. The highest BCUT2D eigenvalue weighted by Crippen LogP contribution is 2.39. The molecular weight excluding hydrogens is 430 g/mol. The van der Waals surface area contributed by atoms with E-state index in [-0.39, 0.29) is 17.9 Å². The summed E-state index contributed by atoms with van der Waals surface area (Å²) in [6.07, 6.45) is 3.66. The number of anilines is 1. The van der Waals surface area contributed by atoms with E-state index < -0.39 is 0 Å². The van der Waals surface area contributed by atoms with Gasteiger partial charge in [-0.25, -0.2) is 9.97 Å². The molecule has 27 heavy (non-hydrogen) atoms. The van der Waals surface area contributed by atoms with Gasteiger partial charge in [0.2, 0.25) is 0 Å². The Morgan fingerprint density at radius 1 is 1.00 bits per heavy atom. The van der Waals surface area contributed by atoms with Gasteiger partial charge in [-0.05, 0) is 44.4 Å². The Morgan fingerprint density at radius 2 is 1.70 bits per heavy atom. The predicted octanol–water partition coefficient (Wildman–Crippen LogP) is 5.48. The molecular formula is C18H20Cl4N4O. The number of halogens is 4. The summed E-state index contributed by atoms with van der Waals surface area (Å²) in [4.78, 5) is 15.0. The van der Waals surface area contributed by atoms with E-state index in [0.717, 1.165) is 47.0 Å². The summed E-state index contributed by atoms with van der Waals surface area (Å²) in [6, 6.07) is 5.60. The van der Waals surface area contributed by atoms with Crippen LogP contribution < -0.4 is 4.90 Å². The molecule has 0 atom stereocenters. The van der Waals surface area contributed by atoms with Gasteiger partial charge in [-0.15, -0.1) is 12.4 Å². The van der Waals surface area contributed by atoms with Crippen LogP contribution in [0.2, 0.25) is 15.1 Å². The van der Waals surface area contributed by atoms with Crippen molar-refractivity contribution in [1.29, 1.82) is 0 Å². The van der Waals surface area contributed by atoms with E-state index in [9.17, 15) is 0 Å². The summed E-state index contributed by atoms with van der Waals surface area (Å²) >= 11 is 18.6. The number of aryl methyl sites for hydroxylation is 1. The number of aromatic nitrogens is 3. The molecule has 0 saturated carbocycles. The van der Waals surface area contributed by atoms with Crippen molar-refractivity contribution in [2.75, 3.05) is 18.0 Å². The standard InChI is InChI=1S/C18H17Cl3N4.ClH.H2O/c1-10-22-14-9-13(11-5-6-12(19)16(21)15(11)20)24-17(14)18(23-10)25-7-3-2-4-8-25;;/h5-6,9,24H,2-4,7-8H2,1H3;1H;1H2. The third-order valence-electron chi connectivity index (χ3n) is 4.55. The Bertz CT molecular complexity index is 954. The largest absolute Gasteiger partial charge is 0.412 e. The highest BCUT2D eigenvalue weighted by atomic mass is 35.5. The van der Waals surface area contributed by atoms with E-state index in [1.54, 1.807) is 6.07 Å². The SMILES string of the molecule is Cc1nc(N2CCCCC2)c2[nH]c(-c3ccc(Cl)c(Cl)c3Cl)cc2n1.Cl.O. The third-order valence-corrected chi connectivity index (χ3v) is 5.84. The van der Waals surface area contributed by atoms with Gasteiger partial charge in [0.25, 0.3) is 0 Å². The van der Waals surface area contributed by atoms with Gasteiger partial charge < -0.3 is 15.4 Å². The molecule has 0 bridgehead atoms. The number of aromatic amines is 1. The summed E-state index contributed by atoms with van der Waals surface area (Å²) < 4.78 is 0. The van der Waals surface area contributed by atoms with Crippen LogP contribution in [0, 0.1) is 6.92 Å². The summed E-state index contributed by atoms with van der Waals surface area (Å²) in [5.41, 5.74) is 3.47. The Balaban J connectivity index is 0.00000131. The minimum absolute atomic E-state index is 0. The van der Waals surface area contributed by atoms with Gasteiger partial charge in [-0.2, -0.15) is 0 Å². The van der Waals surface area contributed by atoms with Crippen molar-refractivity contribution in [1.82, 2.24) is 15.0 Å². The molecule has 0 aliphatic carbocycles. The van der Waals surface area contributed by atoms with Crippen LogP contribution in [0.3, 0.4) is 0 Å². The molecule has 1 aliphatic heterocycles. The molecule has 1 fully saturated rings. The zero-order valence-electron chi connectivity index (χ0n) is 14.7. The first-order valence-corrected chi connectivity index (χ1v) is 9.44. The molecule has 0 amide bonds. The summed E-state index contributed by atoms with van der Waals surface area (Å²) in [5, 5.41) is 1.24. The van der Waals surface area contributed by atoms with Crippen LogP contribution in [-0.2, 0) is 0 Å². The van der Waals surface area contributed by atoms with E-state index >= 15 is 0 Å². The van der Waals surface area contributed by atoms with Gasteiger partial charge in [-0.3, -0.25) is 0 Å². The van der Waals surface area contributed by atoms with Crippen LogP contribution in [0.5, 0.6) is 0 Å². The van der Waals surface area contributed by atoms with Crippen LogP contribution in [0.1, 0.15) is 25.1 Å². The van der Waals surface area contributed by atoms with Gasteiger partial charge in [0.15, 0.2) is 5.82 Å². The lowest BCUT2D eigenvalue weighted by atomic mass is 10.1. The Hall–Kier alpha value is -1.24. The molecule has 3 aromatic rings. The molecule has 5 nitrogen and oxygen atoms in total. The number of hydrogen-bond donors (Lipinski definition) is 1. The van der Waals surface area contributed by atoms with Crippen LogP contribution in [0.25, 0.3) is 22.3 Å². The molecule has 146 valence electrons. The van der Waals surface area contributed by atoms with E-state index in [1.165, 1.54) is 19.3 Å². The molecule has 9 heteroatoms. The zero-order valence-corrected chi connectivity index (χ0v) is 17.7. The molecule has 0 radical (unpaired) electrons. The van der Waals surface area contributed by atoms with Gasteiger partial charge in [0, 0.05) is 24.3 Å². The number of benzene rings is 1. The van der Waals surface area contributed by atoms with Crippen molar-refractivity contribution in [3.63, 3.8) is 0 Å². The molecule has 0 spiro atoms. The number of rotatable bonds is 2. The van der Waals surface area contributed by atoms with Crippen molar-refractivity contribution in [3.8, 4) is 11.3 Å². The van der Waals surface area contributed by atoms with Gasteiger partial charge in [0.05, 0.1) is 20.6 Å². The number of hydrogen-bond acceptors (Lipinski definition) is 3.